The summed E-state index contributed by atoms with van der Waals surface area (Å²) in [7, 11) is 3.97. The van der Waals surface area contributed by atoms with E-state index in [1.807, 2.05) is 206 Å². The minimum absolute atomic E-state index is 0.00470. The van der Waals surface area contributed by atoms with Crippen molar-refractivity contribution in [1.29, 1.82) is 0 Å². The monoisotopic (exact) mass is 2090 g/mol. The number of aryl methyl sites for hydroxylation is 5. The van der Waals surface area contributed by atoms with Crippen molar-refractivity contribution in [3.63, 3.8) is 0 Å². The molecule has 13 aromatic heterocycles. The second kappa shape index (κ2) is 47.6. The zero-order valence-corrected chi connectivity index (χ0v) is 86.9. The Hall–Kier alpha value is -17.2. The van der Waals surface area contributed by atoms with Crippen LogP contribution in [0.1, 0.15) is 126 Å². The number of amides is 6. The highest BCUT2D eigenvalue weighted by molar-refractivity contribution is 6.35. The number of pyridine rings is 5. The zero-order chi connectivity index (χ0) is 106. The number of benzene rings is 5. The fourth-order valence-corrected chi connectivity index (χ4v) is 17.8. The van der Waals surface area contributed by atoms with Crippen LogP contribution >= 0.6 is 46.4 Å². The number of likely N-dealkylation sites (tertiary alicyclic amines) is 1. The summed E-state index contributed by atoms with van der Waals surface area (Å²) in [5.41, 5.74) is 33.6. The molecule has 764 valence electrons. The number of aromatic nitrogens is 22. The Bertz CT molecular complexity index is 8020. The molecule has 11 N–H and O–H groups in total. The number of carbonyl (C=O) groups is 7. The summed E-state index contributed by atoms with van der Waals surface area (Å²) < 4.78 is 14.4. The quantitative estimate of drug-likeness (QED) is 0.0220. The van der Waals surface area contributed by atoms with Gasteiger partial charge in [0, 0.05) is 210 Å². The number of carbonyl (C=O) groups excluding carboxylic acids is 7. The molecule has 0 unspecified atom stereocenters. The van der Waals surface area contributed by atoms with Crippen molar-refractivity contribution in [3.05, 3.63) is 309 Å². The summed E-state index contributed by atoms with van der Waals surface area (Å²) >= 11 is 26.0. The normalized spacial score (nSPS) is 12.1. The minimum atomic E-state index is -0.549. The number of hydrogen-bond donors (Lipinski definition) is 9. The van der Waals surface area contributed by atoms with Gasteiger partial charge in [0.1, 0.15) is 70.9 Å². The van der Waals surface area contributed by atoms with Gasteiger partial charge in [-0.2, -0.15) is 30.6 Å². The Morgan fingerprint density at radius 2 is 0.887 bits per heavy atom. The van der Waals surface area contributed by atoms with E-state index in [2.05, 4.69) is 107 Å². The van der Waals surface area contributed by atoms with Crippen LogP contribution in [-0.2, 0) is 43.5 Å². The smallest absolute Gasteiger partial charge is 0.250 e. The number of hydrogen-bond acceptors (Lipinski definition) is 24. The number of nitrogens with two attached hydrogens (primary N) is 2. The van der Waals surface area contributed by atoms with Crippen LogP contribution in [0.4, 0.5) is 23.3 Å². The Kier molecular flexibility index (Phi) is 33.5. The number of nitrogens with zero attached hydrogens (tertiary/aromatic N) is 21. The standard InChI is InChI=1S/C26H28ClN5O2.C22H24ClN5O2.C21H20ClN7O2.C20H19N7O.C19H15ClN6O/c1-16-12-29-24(30-26(34)18-5-6-18)11-23(16)32-14-20(21(15-32)25(28)33)19-10-17(4-7-22(19)27)13-31-8-2-3-9-31;1-13-9-25-21(26-14(2)29)8-20(13)28-11-17(18(12-28)22(24)30)16-7-15(10-27(3)4)5-6-19(16)23;1-4-31-14-5-6-15(17(22)7-14)20-16(21-24-11-25-27-21)10-29(28-20)18-8-19(26-13(3)30)23-9-12(18)2;1-12-6-4-5-7-15(12)19-16(20-22-11-23-25-20)10-27(26-19)17-8-18(24-14(3)28)21-9-13(17)2;1-12(27)8-13-9-14(6-7-21-13)26-10-16(15-4-2-3-5-17(15)20)18(25-26)19-22-11-23-24-19/h4,7,10-12,14-15,18H,2-3,5-6,8-9,13H2,1H3,(H2,28,33)(H,29,30,34);5-9,11-12H,10H2,1-4H3,(H2,24,30)(H,25,26,29);5-11H,4H2,1-3H3,(H,23,26,30)(H,24,25,27);4-11H,1-3H3,(H,21,24,28)(H,22,23,25);2-7,9-11H,8H2,1H3,(H,22,23,24). The van der Waals surface area contributed by atoms with E-state index >= 15 is 0 Å². The van der Waals surface area contributed by atoms with E-state index in [9.17, 15) is 33.6 Å². The number of nitrogens with one attached hydrogen (secondary N) is 7. The highest BCUT2D eigenvalue weighted by atomic mass is 35.5. The first kappa shape index (κ1) is 106. The van der Waals surface area contributed by atoms with Crippen LogP contribution < -0.4 is 37.5 Å². The highest BCUT2D eigenvalue weighted by Crippen LogP contribution is 2.43. The molecule has 2 aliphatic rings. The summed E-state index contributed by atoms with van der Waals surface area (Å²) in [5, 5.41) is 48.0. The second-order valence-electron chi connectivity index (χ2n) is 36.1. The molecule has 18 aromatic rings. The first-order chi connectivity index (χ1) is 72.1. The maximum atomic E-state index is 12.4. The van der Waals surface area contributed by atoms with E-state index in [1.54, 1.807) is 93.2 Å². The van der Waals surface area contributed by atoms with Crippen LogP contribution in [0.3, 0.4) is 0 Å². The van der Waals surface area contributed by atoms with Gasteiger partial charge in [-0.1, -0.05) is 101 Å². The molecule has 6 amide bonds. The van der Waals surface area contributed by atoms with Crippen molar-refractivity contribution >= 4 is 111 Å². The molecule has 2 fully saturated rings. The number of ether oxygens (including phenoxy) is 1. The lowest BCUT2D eigenvalue weighted by molar-refractivity contribution is -0.117. The first-order valence-electron chi connectivity index (χ1n) is 47.7. The maximum Gasteiger partial charge on any atom is 0.250 e. The number of halogens is 4. The molecule has 14 heterocycles. The van der Waals surface area contributed by atoms with E-state index in [0.717, 1.165) is 157 Å². The van der Waals surface area contributed by atoms with Gasteiger partial charge >= 0.3 is 0 Å². The van der Waals surface area contributed by atoms with Gasteiger partial charge in [0.05, 0.1) is 62.3 Å². The third kappa shape index (κ3) is 25.9. The van der Waals surface area contributed by atoms with Crippen molar-refractivity contribution in [2.45, 2.75) is 114 Å². The topological polar surface area (TPSA) is 488 Å². The molecule has 1 aliphatic heterocycles. The molecule has 42 heteroatoms. The van der Waals surface area contributed by atoms with Gasteiger partial charge in [0.15, 0.2) is 17.5 Å². The number of primary amides is 2. The SMILES string of the molecule is CC(=O)Cc1cc(-n2cc(-c3ccccc3Cl)c(-c3ncn[nH]3)n2)ccn1.CC(=O)Nc1cc(-n2cc(-c3ncn[nH]3)c(-c3ccccc3C)n2)c(C)cn1.CC(=O)Nc1cc(-n2cc(C(N)=O)c(-c3cc(CN(C)C)ccc3Cl)c2)c(C)cn1.CCOc1ccc(-c2nn(-c3cc(NC(C)=O)ncc3C)cc2-c2ncn[nH]2)c(Cl)c1.Cc1cnc(NC(=O)C2CC2)cc1-n1cc(C(N)=O)c(-c2cc(CN3CCCC3)ccc2Cl)c1. The average molecular weight is 2090 g/mol. The summed E-state index contributed by atoms with van der Waals surface area (Å²) in [6, 6.07) is 43.6. The number of Topliss-reactive ketones (excluding diaryl/α,β-unsaturated/α-hetero) is 1. The molecule has 1 saturated carbocycles. The van der Waals surface area contributed by atoms with Gasteiger partial charge in [0.2, 0.25) is 23.6 Å². The lowest BCUT2D eigenvalue weighted by atomic mass is 10.0. The molecule has 1 saturated heterocycles. The average Bonchev–Trinajstić information content (AvgIpc) is 1.64. The van der Waals surface area contributed by atoms with Gasteiger partial charge in [-0.25, -0.2) is 48.9 Å². The lowest BCUT2D eigenvalue weighted by Gasteiger charge is -2.16. The van der Waals surface area contributed by atoms with Crippen LogP contribution in [0.25, 0.3) is 119 Å². The van der Waals surface area contributed by atoms with E-state index in [1.165, 1.54) is 52.6 Å². The third-order valence-electron chi connectivity index (χ3n) is 24.1. The Morgan fingerprint density at radius 1 is 0.427 bits per heavy atom. The molecular weight excluding hydrogens is 1990 g/mol. The number of anilines is 4. The Balaban J connectivity index is 0.000000134. The fraction of sp³-hybridized carbons (Fsp3) is 0.213. The van der Waals surface area contributed by atoms with Gasteiger partial charge in [-0.05, 0) is 201 Å². The fourth-order valence-electron chi connectivity index (χ4n) is 16.8. The molecule has 0 atom stereocenters. The summed E-state index contributed by atoms with van der Waals surface area (Å²) in [4.78, 5) is 121. The van der Waals surface area contributed by atoms with Gasteiger partial charge in [0.25, 0.3) is 11.8 Å². The highest BCUT2D eigenvalue weighted by Gasteiger charge is 2.32. The predicted octanol–water partition coefficient (Wildman–Crippen LogP) is 19.0. The maximum absolute atomic E-state index is 12.4. The Labute approximate surface area is 882 Å². The first-order valence-corrected chi connectivity index (χ1v) is 49.2. The molecule has 5 aromatic carbocycles. The second-order valence-corrected chi connectivity index (χ2v) is 37.7. The molecule has 38 nitrogen and oxygen atoms in total. The molecular formula is C108H106Cl4N30O8. The molecule has 1 aliphatic carbocycles. The number of ketones is 1. The number of aromatic amines is 3. The minimum Gasteiger partial charge on any atom is -0.494 e. The van der Waals surface area contributed by atoms with Gasteiger partial charge in [-0.3, -0.25) is 58.7 Å². The van der Waals surface area contributed by atoms with Crippen molar-refractivity contribution in [3.8, 4) is 124 Å². The van der Waals surface area contributed by atoms with Crippen molar-refractivity contribution in [2.75, 3.05) is 55.1 Å². The molecule has 0 bridgehead atoms. The predicted molar refractivity (Wildman–Crippen MR) is 577 cm³/mol. The summed E-state index contributed by atoms with van der Waals surface area (Å²) in [6.45, 7) is 21.8. The summed E-state index contributed by atoms with van der Waals surface area (Å²) in [6.07, 6.45) is 30.0. The van der Waals surface area contributed by atoms with Crippen molar-refractivity contribution < 1.29 is 38.3 Å². The molecule has 0 spiro atoms. The molecule has 150 heavy (non-hydrogen) atoms. The van der Waals surface area contributed by atoms with E-state index < -0.39 is 11.8 Å². The van der Waals surface area contributed by atoms with Crippen LogP contribution in [-0.4, -0.2) is 194 Å². The van der Waals surface area contributed by atoms with Crippen LogP contribution in [0.2, 0.25) is 20.1 Å². The van der Waals surface area contributed by atoms with E-state index in [4.69, 9.17) is 72.8 Å². The van der Waals surface area contributed by atoms with E-state index in [-0.39, 0.29) is 41.8 Å². The van der Waals surface area contributed by atoms with Crippen molar-refractivity contribution in [1.82, 2.24) is 119 Å². The lowest BCUT2D eigenvalue weighted by Crippen LogP contribution is -2.18. The Morgan fingerprint density at radius 3 is 1.36 bits per heavy atom. The van der Waals surface area contributed by atoms with Crippen LogP contribution in [0.5, 0.6) is 5.75 Å². The zero-order valence-electron chi connectivity index (χ0n) is 83.9. The van der Waals surface area contributed by atoms with Crippen LogP contribution in [0, 0.1) is 40.5 Å². The van der Waals surface area contributed by atoms with E-state index in [0.29, 0.717) is 113 Å². The third-order valence-corrected chi connectivity index (χ3v) is 25.4. The number of rotatable bonds is 28. The van der Waals surface area contributed by atoms with Crippen LogP contribution in [0.15, 0.2) is 233 Å². The summed E-state index contributed by atoms with van der Waals surface area (Å²) in [5.74, 6) is 2.70. The number of H-pyrrole nitrogens is 3. The van der Waals surface area contributed by atoms with Gasteiger partial charge < -0.3 is 51.5 Å². The van der Waals surface area contributed by atoms with Crippen molar-refractivity contribution in [2.24, 2.45) is 17.4 Å². The van der Waals surface area contributed by atoms with Gasteiger partial charge in [-0.15, -0.1) is 0 Å². The molecule has 20 rings (SSSR count). The largest absolute Gasteiger partial charge is 0.494 e. The molecule has 0 radical (unpaired) electrons.